The second-order valence-corrected chi connectivity index (χ2v) is 6.70. The molecule has 164 valence electrons. The standard InChI is InChI=1S/C24H21FN2O5/c1-2-31-24(30)32-21-12-6-17(7-13-21)23(29)27-20-10-8-19(9-11-20)26-22(28)15-16-4-3-5-18(25)14-16/h3-14H,2,15H2,1H3,(H,26,28)(H,27,29). The lowest BCUT2D eigenvalue weighted by Crippen LogP contribution is -2.15. The van der Waals surface area contributed by atoms with Crippen LogP contribution in [-0.4, -0.2) is 24.6 Å². The predicted octanol–water partition coefficient (Wildman–Crippen LogP) is 4.79. The number of carbonyl (C=O) groups is 3. The van der Waals surface area contributed by atoms with E-state index in [4.69, 9.17) is 4.74 Å². The summed E-state index contributed by atoms with van der Waals surface area (Å²) in [6, 6.07) is 18.5. The molecule has 8 heteroatoms. The zero-order chi connectivity index (χ0) is 22.9. The van der Waals surface area contributed by atoms with Crippen LogP contribution in [0.5, 0.6) is 5.75 Å². The quantitative estimate of drug-likeness (QED) is 0.410. The van der Waals surface area contributed by atoms with Crippen LogP contribution in [0.4, 0.5) is 20.6 Å². The molecule has 3 aromatic carbocycles. The summed E-state index contributed by atoms with van der Waals surface area (Å²) >= 11 is 0. The Kier molecular flexibility index (Phi) is 7.53. The molecular formula is C24H21FN2O5. The van der Waals surface area contributed by atoms with Gasteiger partial charge in [-0.3, -0.25) is 9.59 Å². The Bertz CT molecular complexity index is 1100. The fourth-order valence-electron chi connectivity index (χ4n) is 2.80. The van der Waals surface area contributed by atoms with Gasteiger partial charge in [0.25, 0.3) is 5.91 Å². The maximum Gasteiger partial charge on any atom is 0.513 e. The van der Waals surface area contributed by atoms with E-state index in [1.54, 1.807) is 43.3 Å². The zero-order valence-electron chi connectivity index (χ0n) is 17.3. The van der Waals surface area contributed by atoms with E-state index in [0.29, 0.717) is 22.5 Å². The molecule has 32 heavy (non-hydrogen) atoms. The number of rotatable bonds is 7. The first kappa shape index (κ1) is 22.5. The molecule has 0 heterocycles. The molecule has 0 radical (unpaired) electrons. The third-order valence-corrected chi connectivity index (χ3v) is 4.26. The molecule has 0 aliphatic rings. The van der Waals surface area contributed by atoms with Crippen molar-refractivity contribution in [2.24, 2.45) is 0 Å². The zero-order valence-corrected chi connectivity index (χ0v) is 17.3. The minimum atomic E-state index is -0.812. The van der Waals surface area contributed by atoms with E-state index >= 15 is 0 Å². The van der Waals surface area contributed by atoms with Gasteiger partial charge in [-0.05, 0) is 73.2 Å². The number of anilines is 2. The van der Waals surface area contributed by atoms with E-state index in [1.165, 1.54) is 36.4 Å². The van der Waals surface area contributed by atoms with Crippen molar-refractivity contribution < 1.29 is 28.2 Å². The highest BCUT2D eigenvalue weighted by Crippen LogP contribution is 2.17. The van der Waals surface area contributed by atoms with Crippen molar-refractivity contribution in [1.82, 2.24) is 0 Å². The number of benzene rings is 3. The predicted molar refractivity (Wildman–Crippen MR) is 117 cm³/mol. The maximum absolute atomic E-state index is 13.2. The largest absolute Gasteiger partial charge is 0.513 e. The van der Waals surface area contributed by atoms with Crippen LogP contribution in [0.15, 0.2) is 72.8 Å². The van der Waals surface area contributed by atoms with Crippen LogP contribution in [0.2, 0.25) is 0 Å². The molecule has 3 aromatic rings. The Morgan fingerprint density at radius 2 is 1.53 bits per heavy atom. The van der Waals surface area contributed by atoms with Gasteiger partial charge in [-0.1, -0.05) is 12.1 Å². The highest BCUT2D eigenvalue weighted by molar-refractivity contribution is 6.04. The second kappa shape index (κ2) is 10.7. The minimum absolute atomic E-state index is 0.0477. The van der Waals surface area contributed by atoms with Crippen molar-refractivity contribution in [3.8, 4) is 5.75 Å². The number of amides is 2. The van der Waals surface area contributed by atoms with Crippen molar-refractivity contribution in [3.05, 3.63) is 89.7 Å². The third-order valence-electron chi connectivity index (χ3n) is 4.26. The summed E-state index contributed by atoms with van der Waals surface area (Å²) in [5.74, 6) is -0.761. The molecule has 7 nitrogen and oxygen atoms in total. The molecular weight excluding hydrogens is 415 g/mol. The molecule has 0 atom stereocenters. The van der Waals surface area contributed by atoms with Gasteiger partial charge < -0.3 is 20.1 Å². The molecule has 0 saturated heterocycles. The Labute approximate surface area is 184 Å². The van der Waals surface area contributed by atoms with Gasteiger partial charge in [0.05, 0.1) is 13.0 Å². The summed E-state index contributed by atoms with van der Waals surface area (Å²) in [6.07, 6.45) is -0.764. The van der Waals surface area contributed by atoms with Crippen molar-refractivity contribution in [2.75, 3.05) is 17.2 Å². The van der Waals surface area contributed by atoms with E-state index in [9.17, 15) is 18.8 Å². The van der Waals surface area contributed by atoms with E-state index < -0.39 is 12.0 Å². The normalized spacial score (nSPS) is 10.2. The fraction of sp³-hybridized carbons (Fsp3) is 0.125. The molecule has 3 rings (SSSR count). The number of hydrogen-bond acceptors (Lipinski definition) is 5. The lowest BCUT2D eigenvalue weighted by molar-refractivity contribution is -0.115. The van der Waals surface area contributed by atoms with Crippen LogP contribution in [0, 0.1) is 5.82 Å². The first-order chi connectivity index (χ1) is 15.4. The topological polar surface area (TPSA) is 93.7 Å². The smallest absolute Gasteiger partial charge is 0.434 e. The van der Waals surface area contributed by atoms with Gasteiger partial charge in [-0.15, -0.1) is 0 Å². The molecule has 2 N–H and O–H groups in total. The average Bonchev–Trinajstić information content (AvgIpc) is 2.75. The van der Waals surface area contributed by atoms with E-state index in [1.807, 2.05) is 0 Å². The molecule has 2 amide bonds. The SMILES string of the molecule is CCOC(=O)Oc1ccc(C(=O)Nc2ccc(NC(=O)Cc3cccc(F)c3)cc2)cc1. The maximum atomic E-state index is 13.2. The van der Waals surface area contributed by atoms with E-state index in [0.717, 1.165) is 0 Å². The lowest BCUT2D eigenvalue weighted by atomic mass is 10.1. The van der Waals surface area contributed by atoms with Crippen LogP contribution in [0.1, 0.15) is 22.8 Å². The van der Waals surface area contributed by atoms with Gasteiger partial charge >= 0.3 is 6.16 Å². The van der Waals surface area contributed by atoms with Crippen molar-refractivity contribution in [2.45, 2.75) is 13.3 Å². The number of carbonyl (C=O) groups excluding carboxylic acids is 3. The van der Waals surface area contributed by atoms with Gasteiger partial charge in [-0.2, -0.15) is 0 Å². The molecule has 0 unspecified atom stereocenters. The van der Waals surface area contributed by atoms with Crippen LogP contribution in [-0.2, 0) is 16.0 Å². The van der Waals surface area contributed by atoms with E-state index in [-0.39, 0.29) is 30.6 Å². The Balaban J connectivity index is 1.53. The Hall–Kier alpha value is -4.20. The van der Waals surface area contributed by atoms with E-state index in [2.05, 4.69) is 15.4 Å². The number of hydrogen-bond donors (Lipinski definition) is 2. The summed E-state index contributed by atoms with van der Waals surface area (Å²) in [6.45, 7) is 1.87. The van der Waals surface area contributed by atoms with Gasteiger partial charge in [-0.25, -0.2) is 9.18 Å². The third kappa shape index (κ3) is 6.66. The van der Waals surface area contributed by atoms with Gasteiger partial charge in [0.1, 0.15) is 11.6 Å². The average molecular weight is 436 g/mol. The van der Waals surface area contributed by atoms with Gasteiger partial charge in [0.2, 0.25) is 5.91 Å². The monoisotopic (exact) mass is 436 g/mol. The lowest BCUT2D eigenvalue weighted by Gasteiger charge is -2.09. The van der Waals surface area contributed by atoms with Crippen molar-refractivity contribution >= 4 is 29.3 Å². The highest BCUT2D eigenvalue weighted by Gasteiger charge is 2.10. The van der Waals surface area contributed by atoms with Crippen LogP contribution in [0.3, 0.4) is 0 Å². The summed E-state index contributed by atoms with van der Waals surface area (Å²) in [5.41, 5.74) is 2.02. The molecule has 0 bridgehead atoms. The van der Waals surface area contributed by atoms with Crippen molar-refractivity contribution in [3.63, 3.8) is 0 Å². The molecule has 0 fully saturated rings. The molecule has 0 aromatic heterocycles. The molecule has 0 spiro atoms. The first-order valence-corrected chi connectivity index (χ1v) is 9.83. The highest BCUT2D eigenvalue weighted by atomic mass is 19.1. The molecule has 0 aliphatic heterocycles. The summed E-state index contributed by atoms with van der Waals surface area (Å²) in [4.78, 5) is 35.8. The fourth-order valence-corrected chi connectivity index (χ4v) is 2.80. The summed E-state index contributed by atoms with van der Waals surface area (Å²) in [7, 11) is 0. The van der Waals surface area contributed by atoms with Crippen LogP contribution < -0.4 is 15.4 Å². The van der Waals surface area contributed by atoms with Gasteiger partial charge in [0, 0.05) is 16.9 Å². The summed E-state index contributed by atoms with van der Waals surface area (Å²) in [5, 5.41) is 5.47. The minimum Gasteiger partial charge on any atom is -0.434 e. The Morgan fingerprint density at radius 1 is 0.875 bits per heavy atom. The Morgan fingerprint density at radius 3 is 2.16 bits per heavy atom. The first-order valence-electron chi connectivity index (χ1n) is 9.83. The van der Waals surface area contributed by atoms with Crippen LogP contribution >= 0.6 is 0 Å². The van der Waals surface area contributed by atoms with Crippen LogP contribution in [0.25, 0.3) is 0 Å². The number of halogens is 1. The number of nitrogens with one attached hydrogen (secondary N) is 2. The second-order valence-electron chi connectivity index (χ2n) is 6.70. The van der Waals surface area contributed by atoms with Crippen molar-refractivity contribution in [1.29, 1.82) is 0 Å². The number of ether oxygens (including phenoxy) is 2. The summed E-state index contributed by atoms with van der Waals surface area (Å²) < 4.78 is 22.9. The molecule has 0 saturated carbocycles. The van der Waals surface area contributed by atoms with Gasteiger partial charge in [0.15, 0.2) is 0 Å². The molecule has 0 aliphatic carbocycles.